The predicted molar refractivity (Wildman–Crippen MR) is 74.9 cm³/mol. The molecular formula is C12H12Cl2N4. The lowest BCUT2D eigenvalue weighted by atomic mass is 10.1. The van der Waals surface area contributed by atoms with Crippen molar-refractivity contribution in [3.8, 4) is 0 Å². The maximum absolute atomic E-state index is 6.13. The standard InChI is InChI=1S/C12H12Cl2N4/c1-7(8-4-2-3-5-9(8)13)17-11-10(15)6-16-12(14)18-11/h2-7H,15H2,1H3,(H,16,17,18). The van der Waals surface area contributed by atoms with Crippen LogP contribution in [0, 0.1) is 0 Å². The second-order valence-corrected chi connectivity index (χ2v) is 4.58. The molecule has 0 bridgehead atoms. The minimum atomic E-state index is -0.0352. The monoisotopic (exact) mass is 282 g/mol. The van der Waals surface area contributed by atoms with Gasteiger partial charge in [0.05, 0.1) is 17.9 Å². The number of benzene rings is 1. The van der Waals surface area contributed by atoms with Gasteiger partial charge in [0.25, 0.3) is 0 Å². The number of rotatable bonds is 3. The van der Waals surface area contributed by atoms with Crippen molar-refractivity contribution in [2.24, 2.45) is 0 Å². The van der Waals surface area contributed by atoms with Crippen LogP contribution >= 0.6 is 23.2 Å². The van der Waals surface area contributed by atoms with Crippen molar-refractivity contribution in [2.75, 3.05) is 11.1 Å². The Morgan fingerprint density at radius 3 is 2.72 bits per heavy atom. The van der Waals surface area contributed by atoms with Gasteiger partial charge >= 0.3 is 0 Å². The smallest absolute Gasteiger partial charge is 0.224 e. The molecule has 94 valence electrons. The molecule has 3 N–H and O–H groups in total. The van der Waals surface area contributed by atoms with Crippen molar-refractivity contribution in [3.05, 3.63) is 46.3 Å². The Bertz CT molecular complexity index is 560. The van der Waals surface area contributed by atoms with Crippen molar-refractivity contribution in [1.29, 1.82) is 0 Å². The molecule has 1 unspecified atom stereocenters. The van der Waals surface area contributed by atoms with Crippen molar-refractivity contribution in [1.82, 2.24) is 9.97 Å². The number of halogens is 2. The van der Waals surface area contributed by atoms with Gasteiger partial charge in [0.1, 0.15) is 0 Å². The molecule has 4 nitrogen and oxygen atoms in total. The van der Waals surface area contributed by atoms with Gasteiger partial charge in [-0.15, -0.1) is 0 Å². The van der Waals surface area contributed by atoms with Gasteiger partial charge in [-0.1, -0.05) is 29.8 Å². The van der Waals surface area contributed by atoms with E-state index in [0.717, 1.165) is 5.56 Å². The first kappa shape index (κ1) is 12.9. The maximum Gasteiger partial charge on any atom is 0.224 e. The Balaban J connectivity index is 2.24. The molecule has 2 rings (SSSR count). The molecule has 0 fully saturated rings. The average Bonchev–Trinajstić information content (AvgIpc) is 2.34. The zero-order valence-corrected chi connectivity index (χ0v) is 11.2. The summed E-state index contributed by atoms with van der Waals surface area (Å²) in [5.41, 5.74) is 7.18. The number of hydrogen-bond acceptors (Lipinski definition) is 4. The van der Waals surface area contributed by atoms with Crippen LogP contribution in [-0.2, 0) is 0 Å². The highest BCUT2D eigenvalue weighted by molar-refractivity contribution is 6.31. The van der Waals surface area contributed by atoms with E-state index in [4.69, 9.17) is 28.9 Å². The normalized spacial score (nSPS) is 12.2. The fourth-order valence-electron chi connectivity index (χ4n) is 1.59. The molecule has 1 atom stereocenters. The number of aromatic nitrogens is 2. The summed E-state index contributed by atoms with van der Waals surface area (Å²) >= 11 is 11.9. The van der Waals surface area contributed by atoms with E-state index in [-0.39, 0.29) is 11.3 Å². The Morgan fingerprint density at radius 2 is 2.00 bits per heavy atom. The van der Waals surface area contributed by atoms with Gasteiger partial charge in [0.2, 0.25) is 5.28 Å². The lowest BCUT2D eigenvalue weighted by Gasteiger charge is -2.17. The molecular weight excluding hydrogens is 271 g/mol. The minimum absolute atomic E-state index is 0.0352. The number of nitrogens with one attached hydrogen (secondary N) is 1. The van der Waals surface area contributed by atoms with Gasteiger partial charge in [-0.2, -0.15) is 4.98 Å². The summed E-state index contributed by atoms with van der Waals surface area (Å²) in [4.78, 5) is 7.84. The van der Waals surface area contributed by atoms with E-state index in [1.807, 2.05) is 31.2 Å². The molecule has 0 radical (unpaired) electrons. The molecule has 6 heteroatoms. The van der Waals surface area contributed by atoms with Crippen molar-refractivity contribution in [2.45, 2.75) is 13.0 Å². The second-order valence-electron chi connectivity index (χ2n) is 3.83. The molecule has 1 heterocycles. The lowest BCUT2D eigenvalue weighted by molar-refractivity contribution is 0.873. The second kappa shape index (κ2) is 5.42. The summed E-state index contributed by atoms with van der Waals surface area (Å²) in [5, 5.41) is 4.01. The van der Waals surface area contributed by atoms with E-state index < -0.39 is 0 Å². The highest BCUT2D eigenvalue weighted by atomic mass is 35.5. The van der Waals surface area contributed by atoms with Crippen LogP contribution in [0.3, 0.4) is 0 Å². The molecule has 0 saturated heterocycles. The third-order valence-corrected chi connectivity index (χ3v) is 3.04. The van der Waals surface area contributed by atoms with Gasteiger partial charge in [-0.25, -0.2) is 4.98 Å². The number of nitrogens with two attached hydrogens (primary N) is 1. The molecule has 1 aromatic carbocycles. The zero-order chi connectivity index (χ0) is 13.1. The molecule has 0 spiro atoms. The quantitative estimate of drug-likeness (QED) is 0.846. The summed E-state index contributed by atoms with van der Waals surface area (Å²) in [6, 6.07) is 7.56. The average molecular weight is 283 g/mol. The van der Waals surface area contributed by atoms with Crippen LogP contribution < -0.4 is 11.1 Å². The summed E-state index contributed by atoms with van der Waals surface area (Å²) in [6.07, 6.45) is 1.47. The van der Waals surface area contributed by atoms with Gasteiger partial charge in [0.15, 0.2) is 5.82 Å². The van der Waals surface area contributed by atoms with Gasteiger partial charge < -0.3 is 11.1 Å². The zero-order valence-electron chi connectivity index (χ0n) is 9.69. The molecule has 0 saturated carbocycles. The topological polar surface area (TPSA) is 63.8 Å². The Hall–Kier alpha value is -1.52. The first-order chi connectivity index (χ1) is 8.58. The van der Waals surface area contributed by atoms with Crippen molar-refractivity contribution >= 4 is 34.7 Å². The Morgan fingerprint density at radius 1 is 1.28 bits per heavy atom. The highest BCUT2D eigenvalue weighted by Gasteiger charge is 2.11. The van der Waals surface area contributed by atoms with E-state index in [1.165, 1.54) is 6.20 Å². The molecule has 1 aromatic heterocycles. The van der Waals surface area contributed by atoms with Gasteiger partial charge in [-0.3, -0.25) is 0 Å². The first-order valence-electron chi connectivity index (χ1n) is 5.37. The van der Waals surface area contributed by atoms with Crippen LogP contribution in [0.15, 0.2) is 30.5 Å². The molecule has 2 aromatic rings. The van der Waals surface area contributed by atoms with Crippen LogP contribution in [0.25, 0.3) is 0 Å². The molecule has 0 aliphatic carbocycles. The molecule has 0 amide bonds. The summed E-state index contributed by atoms with van der Waals surface area (Å²) < 4.78 is 0. The van der Waals surface area contributed by atoms with Gasteiger partial charge in [0, 0.05) is 5.02 Å². The van der Waals surface area contributed by atoms with E-state index in [0.29, 0.717) is 16.5 Å². The van der Waals surface area contributed by atoms with Crippen LogP contribution in [0.4, 0.5) is 11.5 Å². The number of nitrogens with zero attached hydrogens (tertiary/aromatic N) is 2. The summed E-state index contributed by atoms with van der Waals surface area (Å²) in [7, 11) is 0. The Labute approximate surface area is 115 Å². The number of nitrogen functional groups attached to an aromatic ring is 1. The third-order valence-electron chi connectivity index (χ3n) is 2.51. The third kappa shape index (κ3) is 2.83. The molecule has 0 aliphatic heterocycles. The van der Waals surface area contributed by atoms with Crippen LogP contribution in [0.5, 0.6) is 0 Å². The summed E-state index contributed by atoms with van der Waals surface area (Å²) in [5.74, 6) is 0.502. The minimum Gasteiger partial charge on any atom is -0.394 e. The van der Waals surface area contributed by atoms with E-state index >= 15 is 0 Å². The lowest BCUT2D eigenvalue weighted by Crippen LogP contribution is -2.10. The van der Waals surface area contributed by atoms with Crippen LogP contribution in [0.2, 0.25) is 10.3 Å². The van der Waals surface area contributed by atoms with E-state index in [2.05, 4.69) is 15.3 Å². The van der Waals surface area contributed by atoms with Crippen LogP contribution in [-0.4, -0.2) is 9.97 Å². The summed E-state index contributed by atoms with van der Waals surface area (Å²) in [6.45, 7) is 1.97. The predicted octanol–water partition coefficient (Wildman–Crippen LogP) is 3.54. The van der Waals surface area contributed by atoms with Crippen molar-refractivity contribution < 1.29 is 0 Å². The first-order valence-corrected chi connectivity index (χ1v) is 6.12. The SMILES string of the molecule is CC(Nc1nc(Cl)ncc1N)c1ccccc1Cl. The molecule has 18 heavy (non-hydrogen) atoms. The number of anilines is 2. The van der Waals surface area contributed by atoms with Gasteiger partial charge in [-0.05, 0) is 30.2 Å². The van der Waals surface area contributed by atoms with Crippen LogP contribution in [0.1, 0.15) is 18.5 Å². The fraction of sp³-hybridized carbons (Fsp3) is 0.167. The van der Waals surface area contributed by atoms with E-state index in [1.54, 1.807) is 0 Å². The highest BCUT2D eigenvalue weighted by Crippen LogP contribution is 2.27. The van der Waals surface area contributed by atoms with E-state index in [9.17, 15) is 0 Å². The fourth-order valence-corrected chi connectivity index (χ4v) is 2.03. The Kier molecular flexibility index (Phi) is 3.89. The number of hydrogen-bond donors (Lipinski definition) is 2. The molecule has 0 aliphatic rings. The van der Waals surface area contributed by atoms with Crippen molar-refractivity contribution in [3.63, 3.8) is 0 Å². The maximum atomic E-state index is 6.13. The largest absolute Gasteiger partial charge is 0.394 e.